The summed E-state index contributed by atoms with van der Waals surface area (Å²) >= 11 is 0. The SMILES string of the molecule is C=C(C)C[C@@H](C)N(C)CC(F)(F)F. The molecule has 0 saturated carbocycles. The van der Waals surface area contributed by atoms with Gasteiger partial charge in [0.1, 0.15) is 0 Å². The standard InChI is InChI=1S/C9H16F3N/c1-7(2)5-8(3)13(4)6-9(10,11)12/h8H,1,5-6H2,2-4H3/t8-/m1/s1. The van der Waals surface area contributed by atoms with E-state index in [-0.39, 0.29) is 6.04 Å². The second-order valence-electron chi connectivity index (χ2n) is 3.54. The van der Waals surface area contributed by atoms with E-state index >= 15 is 0 Å². The van der Waals surface area contributed by atoms with Crippen LogP contribution in [0.3, 0.4) is 0 Å². The van der Waals surface area contributed by atoms with Gasteiger partial charge in [-0.25, -0.2) is 0 Å². The van der Waals surface area contributed by atoms with Gasteiger partial charge in [-0.2, -0.15) is 13.2 Å². The lowest BCUT2D eigenvalue weighted by molar-refractivity contribution is -0.146. The summed E-state index contributed by atoms with van der Waals surface area (Å²) in [5.41, 5.74) is 0.904. The summed E-state index contributed by atoms with van der Waals surface area (Å²) in [5.74, 6) is 0. The Balaban J connectivity index is 3.96. The van der Waals surface area contributed by atoms with Crippen LogP contribution in [0.25, 0.3) is 0 Å². The minimum absolute atomic E-state index is 0.112. The van der Waals surface area contributed by atoms with E-state index in [4.69, 9.17) is 0 Å². The molecule has 0 bridgehead atoms. The van der Waals surface area contributed by atoms with Gasteiger partial charge in [-0.3, -0.25) is 4.90 Å². The molecule has 0 N–H and O–H groups in total. The van der Waals surface area contributed by atoms with E-state index in [1.54, 1.807) is 6.92 Å². The molecule has 0 aromatic rings. The first kappa shape index (κ1) is 12.5. The fraction of sp³-hybridized carbons (Fsp3) is 0.778. The molecule has 13 heavy (non-hydrogen) atoms. The van der Waals surface area contributed by atoms with E-state index in [0.717, 1.165) is 5.57 Å². The summed E-state index contributed by atoms with van der Waals surface area (Å²) in [6, 6.07) is -0.112. The highest BCUT2D eigenvalue weighted by Crippen LogP contribution is 2.18. The summed E-state index contributed by atoms with van der Waals surface area (Å²) in [4.78, 5) is 1.29. The summed E-state index contributed by atoms with van der Waals surface area (Å²) in [7, 11) is 1.47. The Bertz CT molecular complexity index is 174. The first-order valence-corrected chi connectivity index (χ1v) is 4.13. The molecule has 0 saturated heterocycles. The summed E-state index contributed by atoms with van der Waals surface area (Å²) < 4.78 is 35.8. The zero-order chi connectivity index (χ0) is 10.6. The highest BCUT2D eigenvalue weighted by molar-refractivity contribution is 4.91. The third-order valence-corrected chi connectivity index (χ3v) is 1.83. The van der Waals surface area contributed by atoms with Gasteiger partial charge in [0.15, 0.2) is 0 Å². The predicted molar refractivity (Wildman–Crippen MR) is 47.6 cm³/mol. The molecule has 0 aromatic carbocycles. The van der Waals surface area contributed by atoms with E-state index in [1.165, 1.54) is 11.9 Å². The Labute approximate surface area is 77.2 Å². The second-order valence-corrected chi connectivity index (χ2v) is 3.54. The van der Waals surface area contributed by atoms with Crippen molar-refractivity contribution in [1.82, 2.24) is 4.90 Å². The van der Waals surface area contributed by atoms with Crippen LogP contribution >= 0.6 is 0 Å². The molecule has 1 atom stereocenters. The van der Waals surface area contributed by atoms with Gasteiger partial charge < -0.3 is 0 Å². The predicted octanol–water partition coefficient (Wildman–Crippen LogP) is 2.84. The van der Waals surface area contributed by atoms with Crippen molar-refractivity contribution in [2.24, 2.45) is 0 Å². The molecule has 0 unspecified atom stereocenters. The number of rotatable bonds is 4. The van der Waals surface area contributed by atoms with Crippen molar-refractivity contribution in [2.75, 3.05) is 13.6 Å². The molecule has 0 heterocycles. The van der Waals surface area contributed by atoms with Crippen molar-refractivity contribution in [1.29, 1.82) is 0 Å². The van der Waals surface area contributed by atoms with Crippen molar-refractivity contribution in [3.8, 4) is 0 Å². The van der Waals surface area contributed by atoms with Crippen LogP contribution in [0.5, 0.6) is 0 Å². The summed E-state index contributed by atoms with van der Waals surface area (Å²) in [5, 5.41) is 0. The largest absolute Gasteiger partial charge is 0.401 e. The van der Waals surface area contributed by atoms with Crippen LogP contribution < -0.4 is 0 Å². The molecular formula is C9H16F3N. The van der Waals surface area contributed by atoms with Gasteiger partial charge in [-0.05, 0) is 27.3 Å². The molecule has 0 amide bonds. The highest BCUT2D eigenvalue weighted by atomic mass is 19.4. The maximum atomic E-state index is 11.9. The van der Waals surface area contributed by atoms with Crippen molar-refractivity contribution in [3.63, 3.8) is 0 Å². The number of hydrogen-bond acceptors (Lipinski definition) is 1. The Kier molecular flexibility index (Phi) is 4.47. The third kappa shape index (κ3) is 6.63. The van der Waals surface area contributed by atoms with Crippen molar-refractivity contribution < 1.29 is 13.2 Å². The number of nitrogens with zero attached hydrogens (tertiary/aromatic N) is 1. The van der Waals surface area contributed by atoms with E-state index in [0.29, 0.717) is 6.42 Å². The van der Waals surface area contributed by atoms with E-state index < -0.39 is 12.7 Å². The average molecular weight is 195 g/mol. The van der Waals surface area contributed by atoms with Crippen molar-refractivity contribution in [2.45, 2.75) is 32.5 Å². The van der Waals surface area contributed by atoms with Gasteiger partial charge in [0.25, 0.3) is 0 Å². The molecule has 4 heteroatoms. The molecule has 1 nitrogen and oxygen atoms in total. The van der Waals surface area contributed by atoms with Crippen LogP contribution in [-0.2, 0) is 0 Å². The Morgan fingerprint density at radius 3 is 2.23 bits per heavy atom. The van der Waals surface area contributed by atoms with Gasteiger partial charge in [-0.15, -0.1) is 6.58 Å². The quantitative estimate of drug-likeness (QED) is 0.623. The van der Waals surface area contributed by atoms with Gasteiger partial charge in [0.05, 0.1) is 6.54 Å². The third-order valence-electron chi connectivity index (χ3n) is 1.83. The Hall–Kier alpha value is -0.510. The van der Waals surface area contributed by atoms with Gasteiger partial charge in [0, 0.05) is 6.04 Å². The van der Waals surface area contributed by atoms with E-state index in [9.17, 15) is 13.2 Å². The van der Waals surface area contributed by atoms with Crippen molar-refractivity contribution in [3.05, 3.63) is 12.2 Å². The lowest BCUT2D eigenvalue weighted by Crippen LogP contribution is -2.37. The lowest BCUT2D eigenvalue weighted by Gasteiger charge is -2.25. The molecule has 0 spiro atoms. The molecule has 0 aliphatic heterocycles. The maximum absolute atomic E-state index is 11.9. The Morgan fingerprint density at radius 2 is 1.92 bits per heavy atom. The molecular weight excluding hydrogens is 179 g/mol. The summed E-state index contributed by atoms with van der Waals surface area (Å²) in [6.07, 6.45) is -3.51. The average Bonchev–Trinajstić information content (AvgIpc) is 1.81. The smallest absolute Gasteiger partial charge is 0.295 e. The van der Waals surface area contributed by atoms with Crippen LogP contribution in [0.15, 0.2) is 12.2 Å². The van der Waals surface area contributed by atoms with E-state index in [2.05, 4.69) is 6.58 Å². The fourth-order valence-electron chi connectivity index (χ4n) is 1.10. The van der Waals surface area contributed by atoms with Gasteiger partial charge in [0.2, 0.25) is 0 Å². The minimum atomic E-state index is -4.11. The monoisotopic (exact) mass is 195 g/mol. The van der Waals surface area contributed by atoms with Crippen LogP contribution in [0.2, 0.25) is 0 Å². The van der Waals surface area contributed by atoms with Crippen LogP contribution in [0.1, 0.15) is 20.3 Å². The van der Waals surface area contributed by atoms with Gasteiger partial charge in [-0.1, -0.05) is 5.57 Å². The molecule has 0 aliphatic rings. The molecule has 78 valence electrons. The van der Waals surface area contributed by atoms with Gasteiger partial charge >= 0.3 is 6.18 Å². The molecule has 0 aromatic heterocycles. The normalized spacial score (nSPS) is 14.7. The molecule has 0 radical (unpaired) electrons. The first-order chi connectivity index (χ1) is 5.72. The molecule has 0 rings (SSSR count). The number of alkyl halides is 3. The maximum Gasteiger partial charge on any atom is 0.401 e. The van der Waals surface area contributed by atoms with E-state index in [1.807, 2.05) is 6.92 Å². The molecule has 0 aliphatic carbocycles. The fourth-order valence-corrected chi connectivity index (χ4v) is 1.10. The molecule has 0 fully saturated rings. The zero-order valence-electron chi connectivity index (χ0n) is 8.28. The van der Waals surface area contributed by atoms with Crippen LogP contribution in [0.4, 0.5) is 13.2 Å². The Morgan fingerprint density at radius 1 is 1.46 bits per heavy atom. The zero-order valence-corrected chi connectivity index (χ0v) is 8.28. The first-order valence-electron chi connectivity index (χ1n) is 4.13. The second kappa shape index (κ2) is 4.65. The highest BCUT2D eigenvalue weighted by Gasteiger charge is 2.30. The number of halogens is 3. The van der Waals surface area contributed by atoms with Crippen molar-refractivity contribution >= 4 is 0 Å². The lowest BCUT2D eigenvalue weighted by atomic mass is 10.1. The topological polar surface area (TPSA) is 3.24 Å². The minimum Gasteiger partial charge on any atom is -0.295 e. The van der Waals surface area contributed by atoms with Crippen LogP contribution in [0, 0.1) is 0 Å². The number of hydrogen-bond donors (Lipinski definition) is 0. The summed E-state index contributed by atoms with van der Waals surface area (Å²) in [6.45, 7) is 6.39. The van der Waals surface area contributed by atoms with Crippen LogP contribution in [-0.4, -0.2) is 30.7 Å².